The van der Waals surface area contributed by atoms with Gasteiger partial charge in [-0.2, -0.15) is 0 Å². The van der Waals surface area contributed by atoms with E-state index in [4.69, 9.17) is 17.3 Å². The molecule has 0 unspecified atom stereocenters. The molecule has 4 nitrogen and oxygen atoms in total. The molecule has 3 aromatic rings. The summed E-state index contributed by atoms with van der Waals surface area (Å²) in [5.74, 6) is 0.640. The van der Waals surface area contributed by atoms with Crippen LogP contribution in [0.15, 0.2) is 53.8 Å². The maximum absolute atomic E-state index is 5.62. The summed E-state index contributed by atoms with van der Waals surface area (Å²) in [5.41, 5.74) is 10.5. The molecule has 0 aliphatic carbocycles. The van der Waals surface area contributed by atoms with E-state index in [0.717, 1.165) is 28.2 Å². The highest BCUT2D eigenvalue weighted by Crippen LogP contribution is 2.23. The largest absolute Gasteiger partial charge is 0.386 e. The highest BCUT2D eigenvalue weighted by molar-refractivity contribution is 6.28. The second kappa shape index (κ2) is 5.58. The van der Waals surface area contributed by atoms with Crippen LogP contribution in [0.5, 0.6) is 0 Å². The Morgan fingerprint density at radius 2 is 2.05 bits per heavy atom. The normalized spacial score (nSPS) is 12.0. The third kappa shape index (κ3) is 2.76. The van der Waals surface area contributed by atoms with E-state index >= 15 is 0 Å². The number of pyridine rings is 1. The summed E-state index contributed by atoms with van der Waals surface area (Å²) in [6.07, 6.45) is 4.02. The zero-order chi connectivity index (χ0) is 14.8. The van der Waals surface area contributed by atoms with Crippen molar-refractivity contribution in [1.29, 1.82) is 0 Å². The monoisotopic (exact) mass is 298 g/mol. The lowest BCUT2D eigenvalue weighted by Crippen LogP contribution is -2.12. The molecular formula is C16H15ClN4. The number of nitrogens with zero attached hydrogens (tertiary/aromatic N) is 3. The fourth-order valence-electron chi connectivity index (χ4n) is 2.20. The van der Waals surface area contributed by atoms with Crippen LogP contribution in [0.3, 0.4) is 0 Å². The standard InChI is InChI=1S/C16H15ClN4/c1-11-3-2-8-21-10-14(20-16(11)21)12-4-6-13(7-5-12)19-15(18)9-17/h2-8,10H,9H2,1H3,(H2,18,19). The van der Waals surface area contributed by atoms with E-state index in [1.807, 2.05) is 47.1 Å². The van der Waals surface area contributed by atoms with Crippen LogP contribution in [-0.2, 0) is 0 Å². The van der Waals surface area contributed by atoms with Gasteiger partial charge in [-0.1, -0.05) is 18.2 Å². The molecule has 21 heavy (non-hydrogen) atoms. The van der Waals surface area contributed by atoms with E-state index in [-0.39, 0.29) is 5.88 Å². The van der Waals surface area contributed by atoms with Gasteiger partial charge in [-0.15, -0.1) is 11.6 Å². The summed E-state index contributed by atoms with van der Waals surface area (Å²) < 4.78 is 2.03. The predicted molar refractivity (Wildman–Crippen MR) is 87.4 cm³/mol. The van der Waals surface area contributed by atoms with Crippen LogP contribution in [0.1, 0.15) is 5.56 Å². The number of halogens is 1. The summed E-state index contributed by atoms with van der Waals surface area (Å²) in [7, 11) is 0. The lowest BCUT2D eigenvalue weighted by Gasteiger charge is -1.99. The quantitative estimate of drug-likeness (QED) is 0.457. The van der Waals surface area contributed by atoms with Gasteiger partial charge >= 0.3 is 0 Å². The minimum absolute atomic E-state index is 0.230. The van der Waals surface area contributed by atoms with Crippen LogP contribution >= 0.6 is 11.6 Å². The molecule has 0 radical (unpaired) electrons. The number of amidine groups is 1. The van der Waals surface area contributed by atoms with E-state index < -0.39 is 0 Å². The zero-order valence-corrected chi connectivity index (χ0v) is 12.4. The number of imidazole rings is 1. The topological polar surface area (TPSA) is 55.7 Å². The van der Waals surface area contributed by atoms with Gasteiger partial charge in [0.15, 0.2) is 0 Å². The van der Waals surface area contributed by atoms with Gasteiger partial charge < -0.3 is 10.1 Å². The van der Waals surface area contributed by atoms with Crippen molar-refractivity contribution in [1.82, 2.24) is 9.38 Å². The Bertz CT molecular complexity index is 803. The van der Waals surface area contributed by atoms with Crippen molar-refractivity contribution in [3.05, 3.63) is 54.4 Å². The van der Waals surface area contributed by atoms with Crippen LogP contribution in [0.2, 0.25) is 0 Å². The van der Waals surface area contributed by atoms with Crippen LogP contribution in [-0.4, -0.2) is 21.1 Å². The van der Waals surface area contributed by atoms with Gasteiger partial charge in [0.2, 0.25) is 0 Å². The van der Waals surface area contributed by atoms with Gasteiger partial charge in [0.05, 0.1) is 17.3 Å². The molecular weight excluding hydrogens is 284 g/mol. The molecule has 2 heterocycles. The average molecular weight is 299 g/mol. The number of nitrogens with two attached hydrogens (primary N) is 1. The van der Waals surface area contributed by atoms with E-state index in [1.54, 1.807) is 0 Å². The molecule has 0 fully saturated rings. The fourth-order valence-corrected chi connectivity index (χ4v) is 2.25. The van der Waals surface area contributed by atoms with E-state index in [0.29, 0.717) is 5.84 Å². The summed E-state index contributed by atoms with van der Waals surface area (Å²) in [6.45, 7) is 2.05. The molecule has 106 valence electrons. The Morgan fingerprint density at radius 3 is 2.71 bits per heavy atom. The lowest BCUT2D eigenvalue weighted by molar-refractivity contribution is 1.16. The minimum Gasteiger partial charge on any atom is -0.386 e. The Balaban J connectivity index is 1.97. The number of alkyl halides is 1. The van der Waals surface area contributed by atoms with Crippen molar-refractivity contribution in [3.8, 4) is 11.3 Å². The Morgan fingerprint density at radius 1 is 1.29 bits per heavy atom. The summed E-state index contributed by atoms with van der Waals surface area (Å²) in [5, 5.41) is 0. The maximum Gasteiger partial charge on any atom is 0.140 e. The van der Waals surface area contributed by atoms with Gasteiger partial charge in [-0.3, -0.25) is 0 Å². The van der Waals surface area contributed by atoms with Gasteiger partial charge in [-0.25, -0.2) is 9.98 Å². The second-order valence-corrected chi connectivity index (χ2v) is 5.10. The van der Waals surface area contributed by atoms with Crippen LogP contribution in [0.25, 0.3) is 16.9 Å². The molecule has 0 spiro atoms. The highest BCUT2D eigenvalue weighted by atomic mass is 35.5. The van der Waals surface area contributed by atoms with E-state index in [2.05, 4.69) is 23.0 Å². The molecule has 5 heteroatoms. The van der Waals surface area contributed by atoms with Gasteiger partial charge in [0.1, 0.15) is 11.5 Å². The third-order valence-corrected chi connectivity index (χ3v) is 3.52. The number of fused-ring (bicyclic) bond motifs is 1. The molecule has 0 aliphatic rings. The first-order chi connectivity index (χ1) is 10.2. The Labute approximate surface area is 127 Å². The second-order valence-electron chi connectivity index (χ2n) is 4.83. The number of aryl methyl sites for hydroxylation is 1. The summed E-state index contributed by atoms with van der Waals surface area (Å²) >= 11 is 5.62. The van der Waals surface area contributed by atoms with Crippen molar-refractivity contribution in [2.24, 2.45) is 10.7 Å². The third-order valence-electron chi connectivity index (χ3n) is 3.25. The van der Waals surface area contributed by atoms with E-state index in [9.17, 15) is 0 Å². The number of hydrogen-bond acceptors (Lipinski definition) is 2. The van der Waals surface area contributed by atoms with Crippen LogP contribution in [0, 0.1) is 6.92 Å². The molecule has 0 atom stereocenters. The molecule has 0 saturated carbocycles. The van der Waals surface area contributed by atoms with Crippen molar-refractivity contribution >= 4 is 28.8 Å². The molecule has 0 saturated heterocycles. The van der Waals surface area contributed by atoms with E-state index in [1.165, 1.54) is 0 Å². The molecule has 3 rings (SSSR count). The minimum atomic E-state index is 0.230. The first kappa shape index (κ1) is 13.6. The molecule has 2 N–H and O–H groups in total. The number of aromatic nitrogens is 2. The summed E-state index contributed by atoms with van der Waals surface area (Å²) in [4.78, 5) is 8.88. The van der Waals surface area contributed by atoms with Gasteiger partial charge in [-0.05, 0) is 30.7 Å². The molecule has 1 aromatic carbocycles. The molecule has 0 aliphatic heterocycles. The van der Waals surface area contributed by atoms with Crippen molar-refractivity contribution in [2.75, 3.05) is 5.88 Å². The first-order valence-electron chi connectivity index (χ1n) is 6.61. The van der Waals surface area contributed by atoms with Crippen molar-refractivity contribution in [3.63, 3.8) is 0 Å². The number of benzene rings is 1. The Hall–Kier alpha value is -2.33. The van der Waals surface area contributed by atoms with Crippen LogP contribution in [0.4, 0.5) is 5.69 Å². The smallest absolute Gasteiger partial charge is 0.140 e. The van der Waals surface area contributed by atoms with Crippen molar-refractivity contribution in [2.45, 2.75) is 6.92 Å². The first-order valence-corrected chi connectivity index (χ1v) is 7.14. The lowest BCUT2D eigenvalue weighted by atomic mass is 10.1. The summed E-state index contributed by atoms with van der Waals surface area (Å²) in [6, 6.07) is 11.9. The molecule has 0 bridgehead atoms. The molecule has 0 amide bonds. The van der Waals surface area contributed by atoms with Crippen molar-refractivity contribution < 1.29 is 0 Å². The zero-order valence-electron chi connectivity index (χ0n) is 11.6. The fraction of sp³-hybridized carbons (Fsp3) is 0.125. The van der Waals surface area contributed by atoms with Crippen LogP contribution < -0.4 is 5.73 Å². The van der Waals surface area contributed by atoms with Gasteiger partial charge in [0.25, 0.3) is 0 Å². The average Bonchev–Trinajstić information content (AvgIpc) is 2.93. The molecule has 2 aromatic heterocycles. The number of aliphatic imine (C=N–C) groups is 1. The SMILES string of the molecule is Cc1cccn2cc(-c3ccc(N=C(N)CCl)cc3)nc12. The predicted octanol–water partition coefficient (Wildman–Crippen LogP) is 3.54. The van der Waals surface area contributed by atoms with Gasteiger partial charge in [0, 0.05) is 18.0 Å². The Kier molecular flexibility index (Phi) is 3.62. The maximum atomic E-state index is 5.62. The highest BCUT2D eigenvalue weighted by Gasteiger charge is 2.05. The number of rotatable bonds is 3. The number of hydrogen-bond donors (Lipinski definition) is 1.